The molecule has 2 rings (SSSR count). The Balaban J connectivity index is 1.95. The largest absolute Gasteiger partial charge is 0.445 e. The second-order valence-corrected chi connectivity index (χ2v) is 13.9. The number of carbonyl (C=O) groups excluding carboxylic acids is 1. The Morgan fingerprint density at radius 3 is 2.48 bits per heavy atom. The predicted octanol–water partition coefficient (Wildman–Crippen LogP) is 5.22. The van der Waals surface area contributed by atoms with Crippen LogP contribution < -0.4 is 0 Å². The van der Waals surface area contributed by atoms with Crippen molar-refractivity contribution in [1.82, 2.24) is 4.90 Å². The number of halogens is 1. The number of ether oxygens (including phenoxy) is 1. The summed E-state index contributed by atoms with van der Waals surface area (Å²) in [5.74, 6) is 0. The maximum atomic E-state index is 12.6. The smallest absolute Gasteiger partial charge is 0.410 e. The minimum Gasteiger partial charge on any atom is -0.445 e. The molecule has 0 radical (unpaired) electrons. The van der Waals surface area contributed by atoms with E-state index in [2.05, 4.69) is 56.5 Å². The van der Waals surface area contributed by atoms with Gasteiger partial charge >= 0.3 is 6.09 Å². The number of hydrogen-bond acceptors (Lipinski definition) is 3. The second kappa shape index (κ2) is 8.39. The van der Waals surface area contributed by atoms with Crippen molar-refractivity contribution in [2.45, 2.75) is 64.1 Å². The zero-order valence-corrected chi connectivity index (χ0v) is 19.1. The van der Waals surface area contributed by atoms with E-state index in [-0.39, 0.29) is 23.3 Å². The van der Waals surface area contributed by atoms with Gasteiger partial charge in [-0.15, -0.1) is 0 Å². The highest BCUT2D eigenvalue weighted by Gasteiger charge is 2.43. The molecule has 1 aliphatic heterocycles. The van der Waals surface area contributed by atoms with E-state index >= 15 is 0 Å². The summed E-state index contributed by atoms with van der Waals surface area (Å²) in [6.45, 7) is 12.2. The van der Waals surface area contributed by atoms with Gasteiger partial charge in [-0.3, -0.25) is 0 Å². The van der Waals surface area contributed by atoms with Crippen LogP contribution >= 0.6 is 22.6 Å². The van der Waals surface area contributed by atoms with E-state index in [1.54, 1.807) is 0 Å². The van der Waals surface area contributed by atoms with E-state index in [0.717, 1.165) is 16.4 Å². The molecule has 0 unspecified atom stereocenters. The number of benzene rings is 1. The van der Waals surface area contributed by atoms with Crippen molar-refractivity contribution in [2.75, 3.05) is 11.0 Å². The quantitative estimate of drug-likeness (QED) is 0.333. The average Bonchev–Trinajstić information content (AvgIpc) is 2.95. The minimum absolute atomic E-state index is 0.116. The Morgan fingerprint density at radius 1 is 1.28 bits per heavy atom. The van der Waals surface area contributed by atoms with E-state index in [1.165, 1.54) is 0 Å². The molecule has 1 aliphatic rings. The van der Waals surface area contributed by atoms with Gasteiger partial charge in [0.15, 0.2) is 8.32 Å². The first-order valence-electron chi connectivity index (χ1n) is 8.85. The lowest BCUT2D eigenvalue weighted by atomic mass is 10.2. The van der Waals surface area contributed by atoms with E-state index in [9.17, 15) is 4.79 Å². The molecule has 1 aromatic carbocycles. The van der Waals surface area contributed by atoms with Gasteiger partial charge in [0.2, 0.25) is 0 Å². The lowest BCUT2D eigenvalue weighted by molar-refractivity contribution is 0.0909. The van der Waals surface area contributed by atoms with Crippen LogP contribution in [0.25, 0.3) is 0 Å². The molecule has 25 heavy (non-hydrogen) atoms. The molecule has 0 aliphatic carbocycles. The van der Waals surface area contributed by atoms with Crippen LogP contribution in [0, 0.1) is 0 Å². The van der Waals surface area contributed by atoms with Crippen molar-refractivity contribution >= 4 is 37.0 Å². The van der Waals surface area contributed by atoms with Crippen LogP contribution in [-0.2, 0) is 15.8 Å². The van der Waals surface area contributed by atoms with E-state index in [4.69, 9.17) is 9.16 Å². The summed E-state index contributed by atoms with van der Waals surface area (Å²) >= 11 is 2.35. The molecule has 1 amide bonds. The van der Waals surface area contributed by atoms with Gasteiger partial charge in [0, 0.05) is 17.0 Å². The third kappa shape index (κ3) is 5.43. The molecular weight excluding hydrogens is 445 g/mol. The van der Waals surface area contributed by atoms with Crippen molar-refractivity contribution in [1.29, 1.82) is 0 Å². The van der Waals surface area contributed by atoms with Crippen LogP contribution in [0.4, 0.5) is 4.79 Å². The zero-order chi connectivity index (χ0) is 18.7. The second-order valence-electron chi connectivity index (χ2n) is 8.24. The number of hydrogen-bond donors (Lipinski definition) is 0. The first kappa shape index (κ1) is 20.7. The molecule has 1 fully saturated rings. The fraction of sp³-hybridized carbons (Fsp3) is 0.632. The number of amides is 1. The molecule has 1 saturated heterocycles. The Labute approximate surface area is 166 Å². The fourth-order valence-corrected chi connectivity index (χ4v) is 4.92. The van der Waals surface area contributed by atoms with Crippen LogP contribution in [0.5, 0.6) is 0 Å². The molecule has 0 bridgehead atoms. The molecule has 6 heteroatoms. The van der Waals surface area contributed by atoms with Gasteiger partial charge in [-0.1, -0.05) is 73.7 Å². The Hall–Kier alpha value is -0.603. The predicted molar refractivity (Wildman–Crippen MR) is 113 cm³/mol. The molecule has 0 spiro atoms. The summed E-state index contributed by atoms with van der Waals surface area (Å²) in [5, 5.41) is 0.175. The summed E-state index contributed by atoms with van der Waals surface area (Å²) in [7, 11) is -1.83. The number of rotatable bonds is 5. The normalized spacial score (nSPS) is 21.4. The van der Waals surface area contributed by atoms with Crippen LogP contribution in [0.15, 0.2) is 30.3 Å². The van der Waals surface area contributed by atoms with Gasteiger partial charge in [-0.2, -0.15) is 0 Å². The highest BCUT2D eigenvalue weighted by atomic mass is 127. The monoisotopic (exact) mass is 475 g/mol. The van der Waals surface area contributed by atoms with Crippen molar-refractivity contribution in [3.63, 3.8) is 0 Å². The highest BCUT2D eigenvalue weighted by molar-refractivity contribution is 14.1. The van der Waals surface area contributed by atoms with Gasteiger partial charge in [0.05, 0.1) is 6.10 Å². The summed E-state index contributed by atoms with van der Waals surface area (Å²) in [6, 6.07) is 10.00. The van der Waals surface area contributed by atoms with Crippen molar-refractivity contribution in [2.24, 2.45) is 0 Å². The maximum absolute atomic E-state index is 12.6. The third-order valence-electron chi connectivity index (χ3n) is 5.26. The molecule has 140 valence electrons. The minimum atomic E-state index is -1.83. The fourth-order valence-electron chi connectivity index (χ4n) is 2.72. The van der Waals surface area contributed by atoms with Crippen LogP contribution in [0.2, 0.25) is 18.1 Å². The molecule has 1 heterocycles. The summed E-state index contributed by atoms with van der Waals surface area (Å²) in [4.78, 5) is 14.4. The van der Waals surface area contributed by atoms with Crippen LogP contribution in [-0.4, -0.2) is 42.4 Å². The molecule has 0 saturated carbocycles. The van der Waals surface area contributed by atoms with E-state index in [0.29, 0.717) is 13.2 Å². The first-order valence-corrected chi connectivity index (χ1v) is 13.3. The lowest BCUT2D eigenvalue weighted by Gasteiger charge is -2.38. The summed E-state index contributed by atoms with van der Waals surface area (Å²) in [6.07, 6.45) is 0.785. The van der Waals surface area contributed by atoms with E-state index in [1.807, 2.05) is 35.2 Å². The number of nitrogens with zero attached hydrogens (tertiary/aromatic N) is 1. The van der Waals surface area contributed by atoms with Crippen molar-refractivity contribution in [3.8, 4) is 0 Å². The van der Waals surface area contributed by atoms with E-state index < -0.39 is 8.32 Å². The van der Waals surface area contributed by atoms with Crippen molar-refractivity contribution in [3.05, 3.63) is 35.9 Å². The number of alkyl halides is 1. The standard InChI is InChI=1S/C19H30INO3Si/c1-19(2,3)25(4,5)24-17-11-16(12-20)21(13-17)18(22)23-14-15-9-7-6-8-10-15/h6-10,16-17H,11-14H2,1-5H3/t16-,17+/m0/s1. The lowest BCUT2D eigenvalue weighted by Crippen LogP contribution is -2.44. The molecule has 1 aromatic rings. The van der Waals surface area contributed by atoms with Crippen molar-refractivity contribution < 1.29 is 14.0 Å². The maximum Gasteiger partial charge on any atom is 0.410 e. The third-order valence-corrected chi connectivity index (χ3v) is 10.8. The molecular formula is C19H30INO3Si. The number of likely N-dealkylation sites (tertiary alicyclic amines) is 1. The topological polar surface area (TPSA) is 38.8 Å². The highest BCUT2D eigenvalue weighted by Crippen LogP contribution is 2.39. The Kier molecular flexibility index (Phi) is 6.95. The molecule has 2 atom stereocenters. The van der Waals surface area contributed by atoms with Crippen LogP contribution in [0.1, 0.15) is 32.8 Å². The number of carbonyl (C=O) groups is 1. The van der Waals surface area contributed by atoms with Gasteiger partial charge < -0.3 is 14.1 Å². The van der Waals surface area contributed by atoms with Gasteiger partial charge in [-0.05, 0) is 30.1 Å². The van der Waals surface area contributed by atoms with Crippen LogP contribution in [0.3, 0.4) is 0 Å². The molecule has 0 aromatic heterocycles. The Morgan fingerprint density at radius 2 is 1.92 bits per heavy atom. The van der Waals surface area contributed by atoms with Gasteiger partial charge in [0.25, 0.3) is 0 Å². The average molecular weight is 475 g/mol. The zero-order valence-electron chi connectivity index (χ0n) is 15.9. The molecule has 4 nitrogen and oxygen atoms in total. The Bertz CT molecular complexity index is 574. The summed E-state index contributed by atoms with van der Waals surface area (Å²) < 4.78 is 13.0. The molecule has 0 N–H and O–H groups in total. The SMILES string of the molecule is CC(C)(C)[Si](C)(C)O[C@@H]1C[C@@H](CI)N(C(=O)OCc2ccccc2)C1. The van der Waals surface area contributed by atoms with Gasteiger partial charge in [-0.25, -0.2) is 4.79 Å². The first-order chi connectivity index (χ1) is 11.6. The van der Waals surface area contributed by atoms with Gasteiger partial charge in [0.1, 0.15) is 6.61 Å². The summed E-state index contributed by atoms with van der Waals surface area (Å²) in [5.41, 5.74) is 1.01.